The number of carbonyl (C=O) groups excluding carboxylic acids is 1. The Hall–Kier alpha value is -1.18. The number of aliphatic hydroxyl groups is 1. The minimum absolute atomic E-state index is 0.000519. The highest BCUT2D eigenvalue weighted by molar-refractivity contribution is 5.85. The molecule has 4 N–H and O–H groups in total. The Morgan fingerprint density at radius 2 is 2.17 bits per heavy atom. The molecular formula is C11H20N2O5. The second-order valence-corrected chi connectivity index (χ2v) is 4.22. The summed E-state index contributed by atoms with van der Waals surface area (Å²) in [7, 11) is 0. The number of aliphatic carboxylic acids is 1. The summed E-state index contributed by atoms with van der Waals surface area (Å²) < 4.78 is 5.23. The second kappa shape index (κ2) is 7.30. The zero-order chi connectivity index (χ0) is 13.5. The lowest BCUT2D eigenvalue weighted by atomic mass is 10.0. The molecule has 0 aromatic heterocycles. The van der Waals surface area contributed by atoms with Gasteiger partial charge in [0.25, 0.3) is 0 Å². The molecule has 0 aliphatic carbocycles. The van der Waals surface area contributed by atoms with E-state index in [1.54, 1.807) is 0 Å². The molecule has 0 bridgehead atoms. The van der Waals surface area contributed by atoms with Crippen LogP contribution in [0.15, 0.2) is 0 Å². The van der Waals surface area contributed by atoms with E-state index in [4.69, 9.17) is 14.9 Å². The van der Waals surface area contributed by atoms with Gasteiger partial charge in [0.1, 0.15) is 6.04 Å². The molecule has 0 spiro atoms. The van der Waals surface area contributed by atoms with Crippen molar-refractivity contribution in [2.45, 2.75) is 25.4 Å². The number of carboxylic acid groups (broad SMARTS) is 1. The average molecular weight is 260 g/mol. The molecule has 0 saturated carbocycles. The van der Waals surface area contributed by atoms with Crippen molar-refractivity contribution in [2.24, 2.45) is 5.92 Å². The lowest BCUT2D eigenvalue weighted by Gasteiger charge is -2.20. The summed E-state index contributed by atoms with van der Waals surface area (Å²) in [5, 5.41) is 23.2. The normalized spacial score (nSPS) is 24.8. The van der Waals surface area contributed by atoms with Gasteiger partial charge in [0, 0.05) is 19.1 Å². The first kappa shape index (κ1) is 14.9. The van der Waals surface area contributed by atoms with E-state index >= 15 is 0 Å². The Kier molecular flexibility index (Phi) is 6.03. The van der Waals surface area contributed by atoms with E-state index in [1.807, 2.05) is 6.92 Å². The van der Waals surface area contributed by atoms with E-state index in [2.05, 4.69) is 10.6 Å². The predicted molar refractivity (Wildman–Crippen MR) is 63.0 cm³/mol. The van der Waals surface area contributed by atoms with Crippen LogP contribution in [0.2, 0.25) is 0 Å². The van der Waals surface area contributed by atoms with Gasteiger partial charge in [0.15, 0.2) is 0 Å². The smallest absolute Gasteiger partial charge is 0.326 e. The Morgan fingerprint density at radius 1 is 1.44 bits per heavy atom. The number of nitrogens with one attached hydrogen (secondary N) is 2. The van der Waals surface area contributed by atoms with Crippen molar-refractivity contribution in [2.75, 3.05) is 26.4 Å². The summed E-state index contributed by atoms with van der Waals surface area (Å²) in [5.74, 6) is -1.87. The summed E-state index contributed by atoms with van der Waals surface area (Å²) in [5.41, 5.74) is 0. The lowest BCUT2D eigenvalue weighted by Crippen LogP contribution is -2.49. The minimum Gasteiger partial charge on any atom is -0.480 e. The molecule has 0 aromatic rings. The van der Waals surface area contributed by atoms with E-state index in [0.29, 0.717) is 6.61 Å². The number of ether oxygens (including phenoxy) is 1. The van der Waals surface area contributed by atoms with E-state index in [9.17, 15) is 9.59 Å². The Morgan fingerprint density at radius 3 is 2.72 bits per heavy atom. The zero-order valence-corrected chi connectivity index (χ0v) is 10.4. The maximum absolute atomic E-state index is 11.9. The molecule has 1 fully saturated rings. The van der Waals surface area contributed by atoms with Crippen LogP contribution < -0.4 is 10.6 Å². The number of carboxylic acids is 1. The highest BCUT2D eigenvalue weighted by Gasteiger charge is 2.35. The van der Waals surface area contributed by atoms with Crippen LogP contribution in [0.1, 0.15) is 13.3 Å². The van der Waals surface area contributed by atoms with Crippen LogP contribution in [0, 0.1) is 5.92 Å². The molecule has 1 heterocycles. The molecule has 3 atom stereocenters. The van der Waals surface area contributed by atoms with Gasteiger partial charge in [0.2, 0.25) is 5.91 Å². The third-order valence-electron chi connectivity index (χ3n) is 2.92. The molecule has 0 radical (unpaired) electrons. The fourth-order valence-electron chi connectivity index (χ4n) is 1.94. The van der Waals surface area contributed by atoms with Gasteiger partial charge in [0.05, 0.1) is 19.1 Å². The van der Waals surface area contributed by atoms with E-state index < -0.39 is 12.0 Å². The average Bonchev–Trinajstić information content (AvgIpc) is 2.77. The van der Waals surface area contributed by atoms with Crippen LogP contribution in [-0.4, -0.2) is 60.5 Å². The van der Waals surface area contributed by atoms with Crippen molar-refractivity contribution < 1.29 is 24.5 Å². The first-order valence-electron chi connectivity index (χ1n) is 6.05. The number of amides is 1. The highest BCUT2D eigenvalue weighted by atomic mass is 16.5. The van der Waals surface area contributed by atoms with Crippen LogP contribution in [-0.2, 0) is 14.3 Å². The largest absolute Gasteiger partial charge is 0.480 e. The van der Waals surface area contributed by atoms with E-state index in [0.717, 1.165) is 6.54 Å². The van der Waals surface area contributed by atoms with Crippen LogP contribution in [0.3, 0.4) is 0 Å². The fourth-order valence-corrected chi connectivity index (χ4v) is 1.94. The number of hydrogen-bond acceptors (Lipinski definition) is 5. The number of carbonyl (C=O) groups is 2. The molecule has 18 heavy (non-hydrogen) atoms. The topological polar surface area (TPSA) is 108 Å². The van der Waals surface area contributed by atoms with Crippen LogP contribution >= 0.6 is 0 Å². The van der Waals surface area contributed by atoms with Crippen LogP contribution in [0.5, 0.6) is 0 Å². The summed E-state index contributed by atoms with van der Waals surface area (Å²) in [6.45, 7) is 3.10. The number of likely N-dealkylation sites (N-methyl/N-ethyl adjacent to an activating group) is 1. The molecule has 3 unspecified atom stereocenters. The van der Waals surface area contributed by atoms with Gasteiger partial charge in [-0.25, -0.2) is 4.79 Å². The third-order valence-corrected chi connectivity index (χ3v) is 2.92. The Balaban J connectivity index is 2.54. The number of aliphatic hydroxyl groups excluding tert-OH is 1. The summed E-state index contributed by atoms with van der Waals surface area (Å²) >= 11 is 0. The molecule has 7 nitrogen and oxygen atoms in total. The summed E-state index contributed by atoms with van der Waals surface area (Å²) in [6.07, 6.45) is 0.000519. The molecule has 1 rings (SSSR count). The Labute approximate surface area is 106 Å². The first-order chi connectivity index (χ1) is 8.60. The van der Waals surface area contributed by atoms with Crippen molar-refractivity contribution in [3.63, 3.8) is 0 Å². The van der Waals surface area contributed by atoms with Gasteiger partial charge >= 0.3 is 5.97 Å². The zero-order valence-electron chi connectivity index (χ0n) is 10.4. The standard InChI is InChI=1S/C11H20N2O5/c1-2-12-9-6-18-5-7(9)10(15)13-8(3-4-14)11(16)17/h7-9,12,14H,2-6H2,1H3,(H,13,15)(H,16,17). The molecular weight excluding hydrogens is 240 g/mol. The maximum Gasteiger partial charge on any atom is 0.326 e. The minimum atomic E-state index is -1.14. The predicted octanol–water partition coefficient (Wildman–Crippen LogP) is -1.44. The van der Waals surface area contributed by atoms with Crippen molar-refractivity contribution in [1.82, 2.24) is 10.6 Å². The summed E-state index contributed by atoms with van der Waals surface area (Å²) in [4.78, 5) is 22.8. The first-order valence-corrected chi connectivity index (χ1v) is 6.05. The molecule has 1 saturated heterocycles. The van der Waals surface area contributed by atoms with Gasteiger partial charge in [-0.15, -0.1) is 0 Å². The monoisotopic (exact) mass is 260 g/mol. The van der Waals surface area contributed by atoms with Gasteiger partial charge < -0.3 is 25.6 Å². The van der Waals surface area contributed by atoms with E-state index in [-0.39, 0.29) is 37.5 Å². The van der Waals surface area contributed by atoms with Gasteiger partial charge in [-0.05, 0) is 6.54 Å². The van der Waals surface area contributed by atoms with Crippen LogP contribution in [0.25, 0.3) is 0 Å². The third kappa shape index (κ3) is 3.94. The van der Waals surface area contributed by atoms with Crippen molar-refractivity contribution in [3.8, 4) is 0 Å². The molecule has 104 valence electrons. The fraction of sp³-hybridized carbons (Fsp3) is 0.818. The van der Waals surface area contributed by atoms with Gasteiger partial charge in [-0.2, -0.15) is 0 Å². The maximum atomic E-state index is 11.9. The number of rotatable bonds is 7. The van der Waals surface area contributed by atoms with Crippen molar-refractivity contribution in [1.29, 1.82) is 0 Å². The van der Waals surface area contributed by atoms with Gasteiger partial charge in [-0.3, -0.25) is 4.79 Å². The van der Waals surface area contributed by atoms with Crippen molar-refractivity contribution in [3.05, 3.63) is 0 Å². The molecule has 0 aromatic carbocycles. The number of hydrogen-bond donors (Lipinski definition) is 4. The van der Waals surface area contributed by atoms with E-state index in [1.165, 1.54) is 0 Å². The Bertz CT molecular complexity index is 297. The molecule has 7 heteroatoms. The summed E-state index contributed by atoms with van der Waals surface area (Å²) in [6, 6.07) is -1.14. The molecule has 1 aliphatic heterocycles. The molecule has 1 aliphatic rings. The molecule has 1 amide bonds. The lowest BCUT2D eigenvalue weighted by molar-refractivity contribution is -0.143. The highest BCUT2D eigenvalue weighted by Crippen LogP contribution is 2.14. The van der Waals surface area contributed by atoms with Crippen LogP contribution in [0.4, 0.5) is 0 Å². The SMILES string of the molecule is CCNC1COCC1C(=O)NC(CCO)C(=O)O. The van der Waals surface area contributed by atoms with Crippen molar-refractivity contribution >= 4 is 11.9 Å². The second-order valence-electron chi connectivity index (χ2n) is 4.22. The van der Waals surface area contributed by atoms with Gasteiger partial charge in [-0.1, -0.05) is 6.92 Å². The quantitative estimate of drug-likeness (QED) is 0.446.